The number of urea groups is 1. The van der Waals surface area contributed by atoms with Crippen LogP contribution in [0.4, 0.5) is 9.93 Å². The van der Waals surface area contributed by atoms with Crippen LogP contribution in [0.1, 0.15) is 21.7 Å². The summed E-state index contributed by atoms with van der Waals surface area (Å²) >= 11 is 1.39. The number of aromatic nitrogens is 2. The smallest absolute Gasteiger partial charge is 0.323 e. The second-order valence-electron chi connectivity index (χ2n) is 5.58. The summed E-state index contributed by atoms with van der Waals surface area (Å²) in [4.78, 5) is 13.7. The van der Waals surface area contributed by atoms with Gasteiger partial charge in [0.15, 0.2) is 0 Å². The molecule has 2 heterocycles. The lowest BCUT2D eigenvalue weighted by Gasteiger charge is -2.15. The van der Waals surface area contributed by atoms with Gasteiger partial charge in [0.25, 0.3) is 0 Å². The van der Waals surface area contributed by atoms with Crippen molar-refractivity contribution >= 4 is 22.5 Å². The Balaban J connectivity index is 1.58. The first kappa shape index (κ1) is 16.2. The standard InChI is InChI=1S/C17H18N4O2S/c1-12-4-3-5-13(8-12)9-15-19-20-16(24-15)18-17(22)21(2)10-14-6-7-23-11-14/h3-8,11H,9-10H2,1-2H3,(H,18,20,22). The van der Waals surface area contributed by atoms with Gasteiger partial charge in [0.05, 0.1) is 19.1 Å². The van der Waals surface area contributed by atoms with Crippen LogP contribution in [-0.2, 0) is 13.0 Å². The summed E-state index contributed by atoms with van der Waals surface area (Å²) in [5, 5.41) is 12.3. The quantitative estimate of drug-likeness (QED) is 0.767. The molecule has 124 valence electrons. The van der Waals surface area contributed by atoms with Crippen molar-refractivity contribution in [2.45, 2.75) is 19.9 Å². The van der Waals surface area contributed by atoms with Gasteiger partial charge in [-0.15, -0.1) is 10.2 Å². The third kappa shape index (κ3) is 4.20. The zero-order valence-electron chi connectivity index (χ0n) is 13.5. The van der Waals surface area contributed by atoms with Gasteiger partial charge in [-0.1, -0.05) is 41.2 Å². The van der Waals surface area contributed by atoms with E-state index in [-0.39, 0.29) is 6.03 Å². The van der Waals surface area contributed by atoms with Crippen molar-refractivity contribution < 1.29 is 9.21 Å². The molecule has 0 aliphatic carbocycles. The number of amides is 2. The maximum Gasteiger partial charge on any atom is 0.323 e. The molecule has 7 heteroatoms. The fourth-order valence-corrected chi connectivity index (χ4v) is 3.05. The average Bonchev–Trinajstić information content (AvgIpc) is 3.19. The van der Waals surface area contributed by atoms with Gasteiger partial charge < -0.3 is 9.32 Å². The first-order valence-corrected chi connectivity index (χ1v) is 8.33. The molecule has 0 spiro atoms. The largest absolute Gasteiger partial charge is 0.472 e. The lowest BCUT2D eigenvalue weighted by molar-refractivity contribution is 0.220. The number of hydrogen-bond acceptors (Lipinski definition) is 5. The van der Waals surface area contributed by atoms with Crippen LogP contribution in [0.15, 0.2) is 47.3 Å². The number of aryl methyl sites for hydroxylation is 1. The molecule has 0 unspecified atom stereocenters. The highest BCUT2D eigenvalue weighted by Gasteiger charge is 2.13. The molecule has 6 nitrogen and oxygen atoms in total. The Morgan fingerprint density at radius 3 is 2.92 bits per heavy atom. The molecule has 0 saturated carbocycles. The van der Waals surface area contributed by atoms with Crippen LogP contribution in [0.25, 0.3) is 0 Å². The van der Waals surface area contributed by atoms with E-state index in [2.05, 4.69) is 40.6 Å². The van der Waals surface area contributed by atoms with Gasteiger partial charge in [-0.25, -0.2) is 4.79 Å². The van der Waals surface area contributed by atoms with Crippen LogP contribution in [0.5, 0.6) is 0 Å². The molecule has 0 saturated heterocycles. The molecule has 1 aromatic carbocycles. The lowest BCUT2D eigenvalue weighted by atomic mass is 10.1. The number of benzene rings is 1. The maximum atomic E-state index is 12.2. The molecular formula is C17H18N4O2S. The molecule has 0 fully saturated rings. The lowest BCUT2D eigenvalue weighted by Crippen LogP contribution is -2.30. The molecule has 0 bridgehead atoms. The van der Waals surface area contributed by atoms with E-state index in [4.69, 9.17) is 4.42 Å². The van der Waals surface area contributed by atoms with Crippen molar-refractivity contribution in [3.8, 4) is 0 Å². The van der Waals surface area contributed by atoms with Gasteiger partial charge >= 0.3 is 6.03 Å². The predicted molar refractivity (Wildman–Crippen MR) is 93.1 cm³/mol. The SMILES string of the molecule is Cc1cccc(Cc2nnc(NC(=O)N(C)Cc3ccoc3)s2)c1. The predicted octanol–water partition coefficient (Wildman–Crippen LogP) is 3.69. The molecule has 2 aromatic heterocycles. The van der Waals surface area contributed by atoms with Crippen molar-refractivity contribution in [2.24, 2.45) is 0 Å². The van der Waals surface area contributed by atoms with Gasteiger partial charge in [0.2, 0.25) is 5.13 Å². The summed E-state index contributed by atoms with van der Waals surface area (Å²) in [6.07, 6.45) is 3.91. The number of anilines is 1. The van der Waals surface area contributed by atoms with Crippen molar-refractivity contribution in [3.05, 3.63) is 64.6 Å². The molecule has 3 aromatic rings. The van der Waals surface area contributed by atoms with E-state index in [1.807, 2.05) is 12.1 Å². The summed E-state index contributed by atoms with van der Waals surface area (Å²) in [6.45, 7) is 2.53. The minimum Gasteiger partial charge on any atom is -0.472 e. The molecule has 0 atom stereocenters. The Morgan fingerprint density at radius 1 is 1.29 bits per heavy atom. The fraction of sp³-hybridized carbons (Fsp3) is 0.235. The van der Waals surface area contributed by atoms with E-state index in [1.54, 1.807) is 24.5 Å². The normalized spacial score (nSPS) is 10.6. The van der Waals surface area contributed by atoms with Gasteiger partial charge in [0, 0.05) is 19.0 Å². The van der Waals surface area contributed by atoms with Gasteiger partial charge in [-0.05, 0) is 18.6 Å². The molecule has 2 amide bonds. The summed E-state index contributed by atoms with van der Waals surface area (Å²) in [5.74, 6) is 0. The zero-order valence-corrected chi connectivity index (χ0v) is 14.3. The van der Waals surface area contributed by atoms with Crippen LogP contribution in [-0.4, -0.2) is 28.2 Å². The Hall–Kier alpha value is -2.67. The Bertz CT molecular complexity index is 814. The van der Waals surface area contributed by atoms with Crippen molar-refractivity contribution in [2.75, 3.05) is 12.4 Å². The minimum atomic E-state index is -0.227. The van der Waals surface area contributed by atoms with E-state index in [9.17, 15) is 4.79 Å². The average molecular weight is 342 g/mol. The van der Waals surface area contributed by atoms with Crippen LogP contribution >= 0.6 is 11.3 Å². The number of carbonyl (C=O) groups is 1. The summed E-state index contributed by atoms with van der Waals surface area (Å²) in [6, 6.07) is 9.87. The molecule has 0 aliphatic rings. The van der Waals surface area contributed by atoms with E-state index >= 15 is 0 Å². The Morgan fingerprint density at radius 2 is 2.17 bits per heavy atom. The zero-order chi connectivity index (χ0) is 16.9. The third-order valence-corrected chi connectivity index (χ3v) is 4.30. The molecule has 1 N–H and O–H groups in total. The highest BCUT2D eigenvalue weighted by molar-refractivity contribution is 7.15. The Kier molecular flexibility index (Phi) is 4.90. The van der Waals surface area contributed by atoms with Crippen LogP contribution < -0.4 is 5.32 Å². The van der Waals surface area contributed by atoms with Crippen LogP contribution in [0.3, 0.4) is 0 Å². The Labute approximate surface area is 144 Å². The van der Waals surface area contributed by atoms with Crippen molar-refractivity contribution in [1.82, 2.24) is 15.1 Å². The number of hydrogen-bond donors (Lipinski definition) is 1. The van der Waals surface area contributed by atoms with Crippen molar-refractivity contribution in [3.63, 3.8) is 0 Å². The van der Waals surface area contributed by atoms with Gasteiger partial charge in [-0.2, -0.15) is 0 Å². The third-order valence-electron chi connectivity index (χ3n) is 3.47. The van der Waals surface area contributed by atoms with Crippen LogP contribution in [0, 0.1) is 6.92 Å². The molecule has 0 aliphatic heterocycles. The van der Waals surface area contributed by atoms with Crippen molar-refractivity contribution in [1.29, 1.82) is 0 Å². The monoisotopic (exact) mass is 342 g/mol. The molecule has 0 radical (unpaired) electrons. The topological polar surface area (TPSA) is 71.3 Å². The van der Waals surface area contributed by atoms with Gasteiger partial charge in [-0.3, -0.25) is 5.32 Å². The second-order valence-corrected chi connectivity index (χ2v) is 6.65. The molecule has 24 heavy (non-hydrogen) atoms. The second kappa shape index (κ2) is 7.27. The molecular weight excluding hydrogens is 324 g/mol. The number of nitrogens with zero attached hydrogens (tertiary/aromatic N) is 3. The highest BCUT2D eigenvalue weighted by atomic mass is 32.1. The van der Waals surface area contributed by atoms with E-state index in [0.29, 0.717) is 18.1 Å². The summed E-state index contributed by atoms with van der Waals surface area (Å²) in [5.41, 5.74) is 3.33. The first-order valence-electron chi connectivity index (χ1n) is 7.51. The number of nitrogens with one attached hydrogen (secondary N) is 1. The van der Waals surface area contributed by atoms with E-state index < -0.39 is 0 Å². The summed E-state index contributed by atoms with van der Waals surface area (Å²) in [7, 11) is 1.72. The first-order chi connectivity index (χ1) is 11.6. The summed E-state index contributed by atoms with van der Waals surface area (Å²) < 4.78 is 5.00. The fourth-order valence-electron chi connectivity index (χ4n) is 2.29. The van der Waals surface area contributed by atoms with Crippen LogP contribution in [0.2, 0.25) is 0 Å². The number of rotatable bonds is 5. The number of carbonyl (C=O) groups excluding carboxylic acids is 1. The van der Waals surface area contributed by atoms with E-state index in [0.717, 1.165) is 10.6 Å². The van der Waals surface area contributed by atoms with E-state index in [1.165, 1.54) is 22.5 Å². The maximum absolute atomic E-state index is 12.2. The van der Waals surface area contributed by atoms with Gasteiger partial charge in [0.1, 0.15) is 5.01 Å². The minimum absolute atomic E-state index is 0.227. The highest BCUT2D eigenvalue weighted by Crippen LogP contribution is 2.19. The number of furan rings is 1. The molecule has 3 rings (SSSR count).